The summed E-state index contributed by atoms with van der Waals surface area (Å²) in [5.41, 5.74) is 9.07. The summed E-state index contributed by atoms with van der Waals surface area (Å²) in [4.78, 5) is 4.84. The van der Waals surface area contributed by atoms with Gasteiger partial charge in [0.1, 0.15) is 0 Å². The molecule has 0 aromatic heterocycles. The van der Waals surface area contributed by atoms with Crippen LogP contribution in [-0.2, 0) is 6.42 Å². The SMILES string of the molecule is CCc1ccccc1N1CCC(CN)(N(C)C)CC1. The summed E-state index contributed by atoms with van der Waals surface area (Å²) < 4.78 is 0. The highest BCUT2D eigenvalue weighted by Crippen LogP contribution is 2.30. The Hall–Kier alpha value is -1.06. The molecule has 0 unspecified atom stereocenters. The van der Waals surface area contributed by atoms with E-state index in [1.54, 1.807) is 0 Å². The number of anilines is 1. The van der Waals surface area contributed by atoms with Crippen LogP contribution in [0.25, 0.3) is 0 Å². The Morgan fingerprint density at radius 2 is 1.84 bits per heavy atom. The molecule has 106 valence electrons. The van der Waals surface area contributed by atoms with Crippen molar-refractivity contribution in [3.63, 3.8) is 0 Å². The molecule has 0 amide bonds. The molecule has 19 heavy (non-hydrogen) atoms. The molecule has 1 aliphatic heterocycles. The minimum absolute atomic E-state index is 0.192. The van der Waals surface area contributed by atoms with Crippen molar-refractivity contribution in [1.82, 2.24) is 4.90 Å². The third kappa shape index (κ3) is 2.77. The van der Waals surface area contributed by atoms with E-state index >= 15 is 0 Å². The van der Waals surface area contributed by atoms with Crippen LogP contribution in [0.5, 0.6) is 0 Å². The number of piperidine rings is 1. The standard InChI is InChI=1S/C16H27N3/c1-4-14-7-5-6-8-15(14)19-11-9-16(13-17,10-12-19)18(2)3/h5-8H,4,9-13,17H2,1-3H3. The van der Waals surface area contributed by atoms with E-state index in [1.807, 2.05) is 0 Å². The maximum absolute atomic E-state index is 6.02. The van der Waals surface area contributed by atoms with Crippen LogP contribution >= 0.6 is 0 Å². The summed E-state index contributed by atoms with van der Waals surface area (Å²) in [6.45, 7) is 5.19. The molecule has 2 N–H and O–H groups in total. The van der Waals surface area contributed by atoms with Crippen molar-refractivity contribution in [2.75, 3.05) is 38.6 Å². The number of likely N-dealkylation sites (N-methyl/N-ethyl adjacent to an activating group) is 1. The third-order valence-corrected chi connectivity index (χ3v) is 4.74. The summed E-state index contributed by atoms with van der Waals surface area (Å²) >= 11 is 0. The van der Waals surface area contributed by atoms with E-state index in [1.165, 1.54) is 11.3 Å². The van der Waals surface area contributed by atoms with Gasteiger partial charge in [0.2, 0.25) is 0 Å². The fraction of sp³-hybridized carbons (Fsp3) is 0.625. The van der Waals surface area contributed by atoms with E-state index < -0.39 is 0 Å². The molecular weight excluding hydrogens is 234 g/mol. The Balaban J connectivity index is 2.11. The molecular formula is C16H27N3. The first kappa shape index (κ1) is 14.4. The average molecular weight is 261 g/mol. The third-order valence-electron chi connectivity index (χ3n) is 4.74. The molecule has 1 aromatic carbocycles. The molecule has 1 saturated heterocycles. The molecule has 1 aromatic rings. The highest BCUT2D eigenvalue weighted by molar-refractivity contribution is 5.54. The molecule has 0 aliphatic carbocycles. The summed E-state index contributed by atoms with van der Waals surface area (Å²) in [6, 6.07) is 8.78. The highest BCUT2D eigenvalue weighted by atomic mass is 15.2. The maximum Gasteiger partial charge on any atom is 0.0398 e. The smallest absolute Gasteiger partial charge is 0.0398 e. The average Bonchev–Trinajstić information content (AvgIpc) is 2.47. The van der Waals surface area contributed by atoms with E-state index in [0.717, 1.165) is 38.9 Å². The normalized spacial score (nSPS) is 18.9. The van der Waals surface area contributed by atoms with Gasteiger partial charge in [0.25, 0.3) is 0 Å². The van der Waals surface area contributed by atoms with Crippen LogP contribution in [0.1, 0.15) is 25.3 Å². The quantitative estimate of drug-likeness (QED) is 0.901. The molecule has 0 saturated carbocycles. The number of nitrogens with zero attached hydrogens (tertiary/aromatic N) is 2. The van der Waals surface area contributed by atoms with Gasteiger partial charge >= 0.3 is 0 Å². The number of rotatable bonds is 4. The van der Waals surface area contributed by atoms with Crippen molar-refractivity contribution in [3.8, 4) is 0 Å². The van der Waals surface area contributed by atoms with Gasteiger partial charge in [-0.1, -0.05) is 25.1 Å². The van der Waals surface area contributed by atoms with Crippen LogP contribution in [0.15, 0.2) is 24.3 Å². The van der Waals surface area contributed by atoms with Crippen molar-refractivity contribution in [3.05, 3.63) is 29.8 Å². The first-order valence-corrected chi connectivity index (χ1v) is 7.33. The number of para-hydroxylation sites is 1. The van der Waals surface area contributed by atoms with Gasteiger partial charge in [-0.05, 0) is 45.0 Å². The lowest BCUT2D eigenvalue weighted by Crippen LogP contribution is -2.57. The van der Waals surface area contributed by atoms with Crippen LogP contribution in [0.4, 0.5) is 5.69 Å². The lowest BCUT2D eigenvalue weighted by atomic mass is 9.86. The summed E-state index contributed by atoms with van der Waals surface area (Å²) in [7, 11) is 4.31. The Labute approximate surface area is 117 Å². The highest BCUT2D eigenvalue weighted by Gasteiger charge is 2.35. The maximum atomic E-state index is 6.02. The summed E-state index contributed by atoms with van der Waals surface area (Å²) in [5.74, 6) is 0. The fourth-order valence-electron chi connectivity index (χ4n) is 3.12. The largest absolute Gasteiger partial charge is 0.371 e. The Kier molecular flexibility index (Phi) is 4.48. The Morgan fingerprint density at radius 3 is 2.37 bits per heavy atom. The van der Waals surface area contributed by atoms with Crippen LogP contribution in [0.2, 0.25) is 0 Å². The number of nitrogens with two attached hydrogens (primary N) is 1. The van der Waals surface area contributed by atoms with Crippen LogP contribution in [0, 0.1) is 0 Å². The van der Waals surface area contributed by atoms with Crippen molar-refractivity contribution in [2.24, 2.45) is 5.73 Å². The zero-order chi connectivity index (χ0) is 13.9. The Morgan fingerprint density at radius 1 is 1.21 bits per heavy atom. The molecule has 0 spiro atoms. The topological polar surface area (TPSA) is 32.5 Å². The molecule has 1 aliphatic rings. The second kappa shape index (κ2) is 5.93. The molecule has 3 nitrogen and oxygen atoms in total. The van der Waals surface area contributed by atoms with E-state index in [4.69, 9.17) is 5.73 Å². The minimum Gasteiger partial charge on any atom is -0.371 e. The van der Waals surface area contributed by atoms with Gasteiger partial charge in [0.05, 0.1) is 0 Å². The van der Waals surface area contributed by atoms with Crippen LogP contribution < -0.4 is 10.6 Å². The first-order valence-electron chi connectivity index (χ1n) is 7.33. The number of benzene rings is 1. The first-order chi connectivity index (χ1) is 9.13. The van der Waals surface area contributed by atoms with Crippen molar-refractivity contribution in [1.29, 1.82) is 0 Å². The lowest BCUT2D eigenvalue weighted by Gasteiger charge is -2.46. The molecule has 1 fully saturated rings. The van der Waals surface area contributed by atoms with E-state index in [2.05, 4.69) is 55.1 Å². The fourth-order valence-corrected chi connectivity index (χ4v) is 3.12. The van der Waals surface area contributed by atoms with Crippen molar-refractivity contribution < 1.29 is 0 Å². The number of hydrogen-bond donors (Lipinski definition) is 1. The molecule has 2 rings (SSSR count). The van der Waals surface area contributed by atoms with Gasteiger partial charge in [-0.15, -0.1) is 0 Å². The van der Waals surface area contributed by atoms with Crippen LogP contribution in [0.3, 0.4) is 0 Å². The molecule has 0 radical (unpaired) electrons. The number of hydrogen-bond acceptors (Lipinski definition) is 3. The van der Waals surface area contributed by atoms with Crippen molar-refractivity contribution in [2.45, 2.75) is 31.7 Å². The van der Waals surface area contributed by atoms with Crippen LogP contribution in [-0.4, -0.2) is 44.2 Å². The van der Waals surface area contributed by atoms with Crippen molar-refractivity contribution >= 4 is 5.69 Å². The molecule has 3 heteroatoms. The Bertz CT molecular complexity index is 406. The minimum atomic E-state index is 0.192. The van der Waals surface area contributed by atoms with Gasteiger partial charge in [-0.2, -0.15) is 0 Å². The molecule has 0 atom stereocenters. The predicted octanol–water partition coefficient (Wildman–Crippen LogP) is 2.11. The van der Waals surface area contributed by atoms with Gasteiger partial charge in [-0.25, -0.2) is 0 Å². The lowest BCUT2D eigenvalue weighted by molar-refractivity contribution is 0.125. The molecule has 1 heterocycles. The zero-order valence-electron chi connectivity index (χ0n) is 12.5. The van der Waals surface area contributed by atoms with Gasteiger partial charge in [0, 0.05) is 30.9 Å². The second-order valence-corrected chi connectivity index (χ2v) is 5.79. The molecule has 0 bridgehead atoms. The summed E-state index contributed by atoms with van der Waals surface area (Å²) in [6.07, 6.45) is 3.39. The van der Waals surface area contributed by atoms with E-state index in [9.17, 15) is 0 Å². The predicted molar refractivity (Wildman–Crippen MR) is 82.7 cm³/mol. The van der Waals surface area contributed by atoms with E-state index in [-0.39, 0.29) is 5.54 Å². The van der Waals surface area contributed by atoms with Gasteiger partial charge < -0.3 is 15.5 Å². The van der Waals surface area contributed by atoms with Gasteiger partial charge in [-0.3, -0.25) is 0 Å². The van der Waals surface area contributed by atoms with E-state index in [0.29, 0.717) is 0 Å². The monoisotopic (exact) mass is 261 g/mol. The number of aryl methyl sites for hydroxylation is 1. The summed E-state index contributed by atoms with van der Waals surface area (Å²) in [5, 5.41) is 0. The van der Waals surface area contributed by atoms with Gasteiger partial charge in [0.15, 0.2) is 0 Å². The zero-order valence-corrected chi connectivity index (χ0v) is 12.5. The second-order valence-electron chi connectivity index (χ2n) is 5.79.